The van der Waals surface area contributed by atoms with E-state index in [0.717, 1.165) is 12.5 Å². The van der Waals surface area contributed by atoms with Crippen LogP contribution in [-0.4, -0.2) is 47.3 Å². The lowest BCUT2D eigenvalue weighted by Crippen LogP contribution is -2.60. The number of aliphatic hydroxyl groups excluding tert-OH is 1. The number of likely N-dealkylation sites (tertiary alicyclic amines) is 1. The van der Waals surface area contributed by atoms with Crippen LogP contribution in [0.15, 0.2) is 0 Å². The SMILES string of the molecule is CC1CCCCN1CC(CO)(NC1CC1)C1CC1. The minimum absolute atomic E-state index is 0.00671. The normalized spacial score (nSPS) is 33.3. The van der Waals surface area contributed by atoms with Crippen LogP contribution in [0.2, 0.25) is 0 Å². The van der Waals surface area contributed by atoms with Gasteiger partial charge in [0.1, 0.15) is 0 Å². The van der Waals surface area contributed by atoms with E-state index < -0.39 is 0 Å². The molecular weight excluding hydrogens is 224 g/mol. The molecule has 0 radical (unpaired) electrons. The van der Waals surface area contributed by atoms with Crippen LogP contribution in [-0.2, 0) is 0 Å². The van der Waals surface area contributed by atoms with Crippen molar-refractivity contribution >= 4 is 0 Å². The van der Waals surface area contributed by atoms with Crippen molar-refractivity contribution < 1.29 is 5.11 Å². The van der Waals surface area contributed by atoms with Crippen molar-refractivity contribution in [2.24, 2.45) is 5.92 Å². The summed E-state index contributed by atoms with van der Waals surface area (Å²) in [5.41, 5.74) is 0.00671. The topological polar surface area (TPSA) is 35.5 Å². The number of hydrogen-bond donors (Lipinski definition) is 2. The van der Waals surface area contributed by atoms with E-state index in [-0.39, 0.29) is 5.54 Å². The number of rotatable bonds is 6. The van der Waals surface area contributed by atoms with Crippen LogP contribution in [0, 0.1) is 5.92 Å². The molecule has 2 aliphatic carbocycles. The molecule has 3 aliphatic rings. The summed E-state index contributed by atoms with van der Waals surface area (Å²) < 4.78 is 0. The molecule has 3 fully saturated rings. The van der Waals surface area contributed by atoms with E-state index in [1.54, 1.807) is 0 Å². The Morgan fingerprint density at radius 1 is 1.17 bits per heavy atom. The average molecular weight is 252 g/mol. The largest absolute Gasteiger partial charge is 0.394 e. The fourth-order valence-electron chi connectivity index (χ4n) is 3.54. The smallest absolute Gasteiger partial charge is 0.0628 e. The first-order valence-electron chi connectivity index (χ1n) is 7.86. The van der Waals surface area contributed by atoms with Gasteiger partial charge in [-0.15, -0.1) is 0 Å². The van der Waals surface area contributed by atoms with Crippen LogP contribution in [0.5, 0.6) is 0 Å². The highest BCUT2D eigenvalue weighted by Crippen LogP contribution is 2.42. The molecule has 1 heterocycles. The predicted molar refractivity (Wildman–Crippen MR) is 73.6 cm³/mol. The highest BCUT2D eigenvalue weighted by molar-refractivity contribution is 5.06. The number of piperidine rings is 1. The second kappa shape index (κ2) is 5.10. The maximum atomic E-state index is 9.99. The molecule has 3 heteroatoms. The predicted octanol–water partition coefficient (Wildman–Crippen LogP) is 1.75. The summed E-state index contributed by atoms with van der Waals surface area (Å²) in [6.45, 7) is 4.95. The van der Waals surface area contributed by atoms with Gasteiger partial charge >= 0.3 is 0 Å². The first-order valence-corrected chi connectivity index (χ1v) is 7.86. The van der Waals surface area contributed by atoms with Gasteiger partial charge in [-0.3, -0.25) is 4.90 Å². The Kier molecular flexibility index (Phi) is 3.65. The number of nitrogens with zero attached hydrogens (tertiary/aromatic N) is 1. The molecule has 0 bridgehead atoms. The van der Waals surface area contributed by atoms with E-state index in [1.165, 1.54) is 51.5 Å². The molecule has 3 rings (SSSR count). The quantitative estimate of drug-likeness (QED) is 0.756. The van der Waals surface area contributed by atoms with Gasteiger partial charge in [-0.1, -0.05) is 6.42 Å². The average Bonchev–Trinajstić information content (AvgIpc) is 3.24. The number of aliphatic hydroxyl groups is 1. The fraction of sp³-hybridized carbons (Fsp3) is 1.00. The fourth-order valence-corrected chi connectivity index (χ4v) is 3.54. The third-order valence-electron chi connectivity index (χ3n) is 5.14. The van der Waals surface area contributed by atoms with Crippen LogP contribution in [0.25, 0.3) is 0 Å². The Hall–Kier alpha value is -0.120. The van der Waals surface area contributed by atoms with Gasteiger partial charge in [-0.25, -0.2) is 0 Å². The van der Waals surface area contributed by atoms with Crippen LogP contribution in [0.3, 0.4) is 0 Å². The zero-order chi connectivity index (χ0) is 12.6. The monoisotopic (exact) mass is 252 g/mol. The molecule has 0 aromatic heterocycles. The molecule has 0 aromatic carbocycles. The first kappa shape index (κ1) is 12.9. The molecular formula is C15H28N2O. The van der Waals surface area contributed by atoms with E-state index in [9.17, 15) is 5.11 Å². The zero-order valence-corrected chi connectivity index (χ0v) is 11.7. The highest BCUT2D eigenvalue weighted by atomic mass is 16.3. The maximum Gasteiger partial charge on any atom is 0.0628 e. The van der Waals surface area contributed by atoms with Crippen molar-refractivity contribution in [3.05, 3.63) is 0 Å². The summed E-state index contributed by atoms with van der Waals surface area (Å²) in [6.07, 6.45) is 9.28. The van der Waals surface area contributed by atoms with Crippen molar-refractivity contribution in [2.45, 2.75) is 69.5 Å². The lowest BCUT2D eigenvalue weighted by Gasteiger charge is -2.43. The molecule has 1 aliphatic heterocycles. The van der Waals surface area contributed by atoms with E-state index >= 15 is 0 Å². The molecule has 104 valence electrons. The molecule has 3 nitrogen and oxygen atoms in total. The highest BCUT2D eigenvalue weighted by Gasteiger charge is 2.48. The van der Waals surface area contributed by atoms with Gasteiger partial charge in [0.15, 0.2) is 0 Å². The third kappa shape index (κ3) is 2.73. The molecule has 2 unspecified atom stereocenters. The summed E-state index contributed by atoms with van der Waals surface area (Å²) in [6, 6.07) is 1.39. The molecule has 2 N–H and O–H groups in total. The van der Waals surface area contributed by atoms with Gasteiger partial charge in [0, 0.05) is 18.6 Å². The third-order valence-corrected chi connectivity index (χ3v) is 5.14. The second-order valence-corrected chi connectivity index (χ2v) is 6.82. The lowest BCUT2D eigenvalue weighted by atomic mass is 9.90. The van der Waals surface area contributed by atoms with Crippen molar-refractivity contribution in [1.82, 2.24) is 10.2 Å². The molecule has 0 aromatic rings. The first-order chi connectivity index (χ1) is 8.73. The van der Waals surface area contributed by atoms with Crippen LogP contribution in [0.4, 0.5) is 0 Å². The second-order valence-electron chi connectivity index (χ2n) is 6.82. The van der Waals surface area contributed by atoms with Gasteiger partial charge in [-0.2, -0.15) is 0 Å². The van der Waals surface area contributed by atoms with Crippen LogP contribution >= 0.6 is 0 Å². The Bertz CT molecular complexity index is 288. The molecule has 0 spiro atoms. The Labute approximate surface area is 111 Å². The minimum atomic E-state index is 0.00671. The van der Waals surface area contributed by atoms with Crippen molar-refractivity contribution in [3.8, 4) is 0 Å². The Morgan fingerprint density at radius 3 is 2.50 bits per heavy atom. The molecule has 18 heavy (non-hydrogen) atoms. The summed E-state index contributed by atoms with van der Waals surface area (Å²) in [5, 5.41) is 13.8. The molecule has 2 saturated carbocycles. The minimum Gasteiger partial charge on any atom is -0.394 e. The standard InChI is InChI=1S/C15H28N2O/c1-12-4-2-3-9-17(12)10-15(11-18,13-5-6-13)16-14-7-8-14/h12-14,16,18H,2-11H2,1H3. The molecule has 2 atom stereocenters. The lowest BCUT2D eigenvalue weighted by molar-refractivity contribution is 0.0576. The van der Waals surface area contributed by atoms with Gasteiger partial charge in [0.25, 0.3) is 0 Å². The van der Waals surface area contributed by atoms with Gasteiger partial charge < -0.3 is 10.4 Å². The number of nitrogens with one attached hydrogen (secondary N) is 1. The molecule has 1 saturated heterocycles. The van der Waals surface area contributed by atoms with Crippen molar-refractivity contribution in [1.29, 1.82) is 0 Å². The summed E-state index contributed by atoms with van der Waals surface area (Å²) >= 11 is 0. The van der Waals surface area contributed by atoms with Gasteiger partial charge in [0.2, 0.25) is 0 Å². The zero-order valence-electron chi connectivity index (χ0n) is 11.7. The van der Waals surface area contributed by atoms with E-state index in [4.69, 9.17) is 0 Å². The summed E-state index contributed by atoms with van der Waals surface area (Å²) in [7, 11) is 0. The van der Waals surface area contributed by atoms with Crippen molar-refractivity contribution in [2.75, 3.05) is 19.7 Å². The number of hydrogen-bond acceptors (Lipinski definition) is 3. The Morgan fingerprint density at radius 2 is 1.94 bits per heavy atom. The summed E-state index contributed by atoms with van der Waals surface area (Å²) in [5.74, 6) is 0.720. The van der Waals surface area contributed by atoms with E-state index in [0.29, 0.717) is 18.7 Å². The van der Waals surface area contributed by atoms with E-state index in [2.05, 4.69) is 17.1 Å². The van der Waals surface area contributed by atoms with E-state index in [1.807, 2.05) is 0 Å². The van der Waals surface area contributed by atoms with Crippen LogP contribution < -0.4 is 5.32 Å². The maximum absolute atomic E-state index is 9.99. The van der Waals surface area contributed by atoms with Crippen molar-refractivity contribution in [3.63, 3.8) is 0 Å². The van der Waals surface area contributed by atoms with Gasteiger partial charge in [0.05, 0.1) is 12.1 Å². The van der Waals surface area contributed by atoms with Crippen LogP contribution in [0.1, 0.15) is 51.9 Å². The summed E-state index contributed by atoms with van der Waals surface area (Å²) in [4.78, 5) is 2.62. The Balaban J connectivity index is 1.67. The van der Waals surface area contributed by atoms with Gasteiger partial charge in [-0.05, 0) is 57.9 Å². The molecule has 0 amide bonds.